The summed E-state index contributed by atoms with van der Waals surface area (Å²) in [5.41, 5.74) is 11.0. The molecule has 2 aliphatic rings. The number of nitrogens with two attached hydrogens (primary N) is 2. The Kier molecular flexibility index (Phi) is 8.69. The van der Waals surface area contributed by atoms with Crippen LogP contribution in [0, 0.1) is 0 Å². The minimum Gasteiger partial charge on any atom is -0.394 e. The Morgan fingerprint density at radius 2 is 2.02 bits per heavy atom. The summed E-state index contributed by atoms with van der Waals surface area (Å²) in [5, 5.41) is 17.4. The largest absolute Gasteiger partial charge is 0.394 e. The van der Waals surface area contributed by atoms with Crippen molar-refractivity contribution in [3.63, 3.8) is 0 Å². The number of nitrogen functional groups attached to an aromatic ring is 2. The predicted octanol–water partition coefficient (Wildman–Crippen LogP) is 0.179. The van der Waals surface area contributed by atoms with Crippen LogP contribution in [0.5, 0.6) is 0 Å². The first-order valence-electron chi connectivity index (χ1n) is 12.6. The van der Waals surface area contributed by atoms with Gasteiger partial charge in [-0.05, 0) is 0 Å². The molecule has 0 aliphatic carbocycles. The Bertz CT molecular complexity index is 1830. The number of nitrogens with zero attached hydrogens (tertiary/aromatic N) is 8. The standard InChI is InChI=1S/C19H24FN11O9P2S2/c20-9-12(39-41(34)43)8(38-18(9)31-14-10(28-29-31)13(21)23-4-24-14)3-36-42(35,44)40-7-1-6(2-32)37-17(7)30-5-25-11-15(30)26-19(22)27-16(11)33/h4-9,12,17-18,32,41H,1-3H2,(H,34,43)(H,35,44)(H2,21,23,24)(H3,22,26,27,33)/t6-,7+,8?,9-,12+,17+,18+,42?/m0/s1. The zero-order chi connectivity index (χ0) is 31.3. The van der Waals surface area contributed by atoms with Crippen LogP contribution in [0.4, 0.5) is 16.2 Å². The molecule has 2 fully saturated rings. The minimum absolute atomic E-state index is 0.00304. The molecule has 9 atom stereocenters. The van der Waals surface area contributed by atoms with Gasteiger partial charge in [0.2, 0.25) is 13.2 Å². The van der Waals surface area contributed by atoms with Crippen molar-refractivity contribution in [2.75, 3.05) is 24.7 Å². The van der Waals surface area contributed by atoms with Crippen LogP contribution < -0.4 is 17.0 Å². The number of imidazole rings is 1. The Morgan fingerprint density at radius 3 is 2.77 bits per heavy atom. The smallest absolute Gasteiger partial charge is 0.386 e. The number of H-pyrrole nitrogens is 1. The molecule has 44 heavy (non-hydrogen) atoms. The molecular formula is C19H24FN11O9P2S2. The molecule has 25 heteroatoms. The van der Waals surface area contributed by atoms with Gasteiger partial charge in [-0.1, -0.05) is 29.7 Å². The van der Waals surface area contributed by atoms with Gasteiger partial charge in [0, 0.05) is 6.42 Å². The van der Waals surface area contributed by atoms with E-state index in [-0.39, 0.29) is 40.5 Å². The van der Waals surface area contributed by atoms with E-state index in [0.29, 0.717) is 0 Å². The number of hydrogen-bond acceptors (Lipinski definition) is 17. The highest BCUT2D eigenvalue weighted by molar-refractivity contribution is 8.44. The number of rotatable bonds is 10. The summed E-state index contributed by atoms with van der Waals surface area (Å²) >= 11 is 7.81. The number of aliphatic hydroxyl groups excluding tert-OH is 1. The summed E-state index contributed by atoms with van der Waals surface area (Å²) in [6, 6.07) is 0. The number of hydrogen-bond donors (Lipinski definition) is 6. The van der Waals surface area contributed by atoms with Crippen molar-refractivity contribution in [1.29, 1.82) is 0 Å². The average molecular weight is 696 g/mol. The van der Waals surface area contributed by atoms with Crippen molar-refractivity contribution < 1.29 is 41.7 Å². The second-order valence-electron chi connectivity index (χ2n) is 9.57. The molecule has 0 spiro atoms. The Balaban J connectivity index is 1.20. The van der Waals surface area contributed by atoms with Crippen LogP contribution >= 0.6 is 38.5 Å². The molecule has 0 radical (unpaired) electrons. The van der Waals surface area contributed by atoms with Gasteiger partial charge in [0.1, 0.15) is 24.6 Å². The number of aromatic nitrogens is 9. The number of thiol groups is 2. The third-order valence-corrected chi connectivity index (χ3v) is 9.21. The summed E-state index contributed by atoms with van der Waals surface area (Å²) in [6.07, 6.45) is -6.79. The van der Waals surface area contributed by atoms with E-state index < -0.39 is 75.8 Å². The van der Waals surface area contributed by atoms with Crippen LogP contribution in [0.15, 0.2) is 17.4 Å². The molecule has 2 aliphatic heterocycles. The van der Waals surface area contributed by atoms with E-state index in [4.69, 9.17) is 34.5 Å². The third-order valence-electron chi connectivity index (χ3n) is 6.78. The molecule has 4 aromatic rings. The van der Waals surface area contributed by atoms with Crippen molar-refractivity contribution in [3.05, 3.63) is 23.0 Å². The number of aliphatic hydroxyl groups is 1. The summed E-state index contributed by atoms with van der Waals surface area (Å²) in [6.45, 7) is -5.32. The van der Waals surface area contributed by atoms with Gasteiger partial charge in [0.25, 0.3) is 5.56 Å². The lowest BCUT2D eigenvalue weighted by molar-refractivity contribution is -0.0538. The van der Waals surface area contributed by atoms with Gasteiger partial charge >= 0.3 is 6.80 Å². The van der Waals surface area contributed by atoms with Gasteiger partial charge in [-0.15, -0.1) is 5.10 Å². The monoisotopic (exact) mass is 695 g/mol. The van der Waals surface area contributed by atoms with Crippen molar-refractivity contribution in [2.45, 2.75) is 49.5 Å². The Hall–Kier alpha value is -2.72. The quantitative estimate of drug-likeness (QED) is 0.0953. The highest BCUT2D eigenvalue weighted by Gasteiger charge is 2.50. The zero-order valence-electron chi connectivity index (χ0n) is 22.0. The fraction of sp³-hybridized carbons (Fsp3) is 0.526. The molecule has 238 valence electrons. The molecule has 3 unspecified atom stereocenters. The molecule has 6 rings (SSSR count). The van der Waals surface area contributed by atoms with Crippen molar-refractivity contribution in [2.24, 2.45) is 0 Å². The van der Waals surface area contributed by atoms with E-state index >= 15 is 4.39 Å². The maximum atomic E-state index is 15.6. The maximum absolute atomic E-state index is 15.6. The Morgan fingerprint density at radius 1 is 1.23 bits per heavy atom. The van der Waals surface area contributed by atoms with E-state index in [2.05, 4.69) is 59.7 Å². The lowest BCUT2D eigenvalue weighted by atomic mass is 10.1. The predicted molar refractivity (Wildman–Crippen MR) is 155 cm³/mol. The average Bonchev–Trinajstić information content (AvgIpc) is 3.73. The molecule has 2 saturated heterocycles. The molecule has 0 bridgehead atoms. The number of nitrogens with one attached hydrogen (secondary N) is 1. The highest BCUT2D eigenvalue weighted by Crippen LogP contribution is 2.57. The van der Waals surface area contributed by atoms with E-state index in [1.54, 1.807) is 0 Å². The number of halogens is 1. The first-order chi connectivity index (χ1) is 21.0. The SMILES string of the molecule is Nc1nc2c(ncn2[C@@H]2O[C@H](CO)C[C@H]2OP(=O)(S)OCC2O[C@@H](n3nnc4c(N)ncnc43)[C@@H](F)[C@@H]2O[PH](=O)S)c(=O)[nH]1. The van der Waals surface area contributed by atoms with Gasteiger partial charge in [-0.3, -0.25) is 28.0 Å². The summed E-state index contributed by atoms with van der Waals surface area (Å²) < 4.78 is 71.2. The summed E-state index contributed by atoms with van der Waals surface area (Å²) in [4.78, 5) is 30.5. The van der Waals surface area contributed by atoms with Crippen LogP contribution in [0.3, 0.4) is 0 Å². The first-order valence-corrected chi connectivity index (χ1v) is 17.9. The van der Waals surface area contributed by atoms with Gasteiger partial charge in [-0.25, -0.2) is 23.9 Å². The zero-order valence-corrected chi connectivity index (χ0v) is 25.7. The second kappa shape index (κ2) is 12.2. The van der Waals surface area contributed by atoms with E-state index in [0.717, 1.165) is 11.0 Å². The minimum atomic E-state index is -4.29. The molecular weight excluding hydrogens is 671 g/mol. The number of fused-ring (bicyclic) bond motifs is 2. The fourth-order valence-corrected chi connectivity index (χ4v) is 7.28. The highest BCUT2D eigenvalue weighted by atomic mass is 32.7. The van der Waals surface area contributed by atoms with Crippen molar-refractivity contribution in [3.8, 4) is 0 Å². The molecule has 6 heterocycles. The third kappa shape index (κ3) is 5.96. The molecule has 4 aromatic heterocycles. The normalized spacial score (nSPS) is 29.4. The van der Waals surface area contributed by atoms with Gasteiger partial charge in [-0.2, -0.15) is 9.67 Å². The van der Waals surface area contributed by atoms with Gasteiger partial charge in [0.15, 0.2) is 46.8 Å². The van der Waals surface area contributed by atoms with Crippen LogP contribution in [-0.2, 0) is 32.2 Å². The number of aromatic amines is 1. The fourth-order valence-electron chi connectivity index (χ4n) is 4.91. The van der Waals surface area contributed by atoms with Gasteiger partial charge < -0.3 is 30.6 Å². The van der Waals surface area contributed by atoms with Crippen LogP contribution in [0.2, 0.25) is 0 Å². The van der Waals surface area contributed by atoms with Crippen molar-refractivity contribution >= 4 is 72.6 Å². The lowest BCUT2D eigenvalue weighted by Crippen LogP contribution is -2.32. The second-order valence-corrected chi connectivity index (χ2v) is 14.3. The van der Waals surface area contributed by atoms with E-state index in [9.17, 15) is 19.0 Å². The molecule has 20 nitrogen and oxygen atoms in total. The summed E-state index contributed by atoms with van der Waals surface area (Å²) in [5.74, 6) is -0.179. The van der Waals surface area contributed by atoms with Gasteiger partial charge in [0.05, 0.1) is 25.6 Å². The number of alkyl halides is 1. The number of anilines is 2. The molecule has 0 aromatic carbocycles. The maximum Gasteiger partial charge on any atom is 0.386 e. The molecule has 6 N–H and O–H groups in total. The summed E-state index contributed by atoms with van der Waals surface area (Å²) in [7, 11) is -2.99. The Labute approximate surface area is 255 Å². The van der Waals surface area contributed by atoms with Crippen LogP contribution in [0.25, 0.3) is 22.3 Å². The van der Waals surface area contributed by atoms with Crippen LogP contribution in [0.1, 0.15) is 18.9 Å². The van der Waals surface area contributed by atoms with Crippen molar-refractivity contribution in [1.82, 2.24) is 44.5 Å². The first kappa shape index (κ1) is 31.3. The molecule has 0 saturated carbocycles. The molecule has 0 amide bonds. The van der Waals surface area contributed by atoms with E-state index in [1.807, 2.05) is 0 Å². The number of ether oxygens (including phenoxy) is 2. The lowest BCUT2D eigenvalue weighted by Gasteiger charge is -2.24. The topological polar surface area (TPSA) is 273 Å². The van der Waals surface area contributed by atoms with E-state index in [1.165, 1.54) is 10.9 Å². The van der Waals surface area contributed by atoms with Crippen LogP contribution in [-0.4, -0.2) is 93.4 Å².